The first-order valence-electron chi connectivity index (χ1n) is 9.99. The van der Waals surface area contributed by atoms with Gasteiger partial charge in [0.2, 0.25) is 0 Å². The first kappa shape index (κ1) is 19.1. The van der Waals surface area contributed by atoms with Crippen molar-refractivity contribution in [3.05, 3.63) is 42.0 Å². The van der Waals surface area contributed by atoms with Crippen LogP contribution in [0, 0.1) is 0 Å². The van der Waals surface area contributed by atoms with Crippen molar-refractivity contribution in [2.75, 3.05) is 38.4 Å². The zero-order chi connectivity index (χ0) is 20.5. The van der Waals surface area contributed by atoms with E-state index in [0.717, 1.165) is 35.4 Å². The number of carbonyl (C=O) groups excluding carboxylic acids is 1. The SMILES string of the molecule is COc1ccc2sc(N(CC3CCCO3)C(=O)c3ccc4c(c3)OCCO4)nc2c1. The van der Waals surface area contributed by atoms with E-state index < -0.39 is 0 Å². The van der Waals surface area contributed by atoms with Crippen molar-refractivity contribution < 1.29 is 23.7 Å². The number of hydrogen-bond donors (Lipinski definition) is 0. The highest BCUT2D eigenvalue weighted by Gasteiger charge is 2.28. The van der Waals surface area contributed by atoms with Crippen LogP contribution in [0.2, 0.25) is 0 Å². The van der Waals surface area contributed by atoms with Gasteiger partial charge in [-0.3, -0.25) is 9.69 Å². The van der Waals surface area contributed by atoms with Crippen LogP contribution < -0.4 is 19.1 Å². The second-order valence-electron chi connectivity index (χ2n) is 7.24. The Kier molecular flexibility index (Phi) is 5.18. The average molecular weight is 426 g/mol. The second-order valence-corrected chi connectivity index (χ2v) is 8.25. The number of fused-ring (bicyclic) bond motifs is 2. The fourth-order valence-electron chi connectivity index (χ4n) is 3.71. The van der Waals surface area contributed by atoms with E-state index in [0.29, 0.717) is 42.0 Å². The van der Waals surface area contributed by atoms with Crippen LogP contribution in [0.4, 0.5) is 5.13 Å². The van der Waals surface area contributed by atoms with Crippen LogP contribution in [-0.4, -0.2) is 50.5 Å². The molecule has 0 N–H and O–H groups in total. The Hall–Kier alpha value is -2.84. The number of thiazole rings is 1. The molecule has 30 heavy (non-hydrogen) atoms. The number of aromatic nitrogens is 1. The largest absolute Gasteiger partial charge is 0.497 e. The lowest BCUT2D eigenvalue weighted by Crippen LogP contribution is -2.37. The number of carbonyl (C=O) groups is 1. The fourth-order valence-corrected chi connectivity index (χ4v) is 4.66. The Bertz CT molecular complexity index is 1080. The maximum atomic E-state index is 13.5. The van der Waals surface area contributed by atoms with E-state index in [1.165, 1.54) is 11.3 Å². The Labute approximate surface area is 178 Å². The zero-order valence-corrected chi connectivity index (χ0v) is 17.4. The van der Waals surface area contributed by atoms with Crippen molar-refractivity contribution in [1.29, 1.82) is 0 Å². The van der Waals surface area contributed by atoms with Crippen molar-refractivity contribution in [1.82, 2.24) is 4.98 Å². The number of methoxy groups -OCH3 is 1. The van der Waals surface area contributed by atoms with Gasteiger partial charge in [-0.25, -0.2) is 4.98 Å². The molecule has 2 aliphatic heterocycles. The molecule has 0 radical (unpaired) electrons. The topological polar surface area (TPSA) is 70.1 Å². The van der Waals surface area contributed by atoms with Crippen molar-refractivity contribution >= 4 is 32.6 Å². The highest BCUT2D eigenvalue weighted by molar-refractivity contribution is 7.22. The Morgan fingerprint density at radius 3 is 2.83 bits per heavy atom. The third kappa shape index (κ3) is 3.68. The number of hydrogen-bond acceptors (Lipinski definition) is 7. The number of amides is 1. The van der Waals surface area contributed by atoms with Crippen LogP contribution in [0.5, 0.6) is 17.2 Å². The van der Waals surface area contributed by atoms with Gasteiger partial charge in [-0.15, -0.1) is 0 Å². The van der Waals surface area contributed by atoms with E-state index in [4.69, 9.17) is 23.9 Å². The minimum atomic E-state index is -0.131. The molecule has 0 saturated carbocycles. The first-order valence-corrected chi connectivity index (χ1v) is 10.8. The summed E-state index contributed by atoms with van der Waals surface area (Å²) in [5.41, 5.74) is 1.34. The Morgan fingerprint density at radius 1 is 1.17 bits per heavy atom. The molecule has 0 spiro atoms. The van der Waals surface area contributed by atoms with Gasteiger partial charge in [-0.05, 0) is 43.2 Å². The summed E-state index contributed by atoms with van der Waals surface area (Å²) < 4.78 is 23.4. The molecule has 3 heterocycles. The summed E-state index contributed by atoms with van der Waals surface area (Å²) >= 11 is 1.49. The molecule has 0 bridgehead atoms. The lowest BCUT2D eigenvalue weighted by atomic mass is 10.1. The normalized spacial score (nSPS) is 17.8. The fraction of sp³-hybridized carbons (Fsp3) is 0.364. The van der Waals surface area contributed by atoms with E-state index in [2.05, 4.69) is 0 Å². The van der Waals surface area contributed by atoms with Crippen molar-refractivity contribution in [2.45, 2.75) is 18.9 Å². The molecule has 1 aromatic heterocycles. The molecule has 0 aliphatic carbocycles. The molecule has 1 saturated heterocycles. The zero-order valence-electron chi connectivity index (χ0n) is 16.6. The molecule has 156 valence electrons. The lowest BCUT2D eigenvalue weighted by Gasteiger charge is -2.24. The van der Waals surface area contributed by atoms with Gasteiger partial charge in [-0.1, -0.05) is 11.3 Å². The molecule has 1 unspecified atom stereocenters. The van der Waals surface area contributed by atoms with Gasteiger partial charge in [0.25, 0.3) is 5.91 Å². The minimum Gasteiger partial charge on any atom is -0.497 e. The third-order valence-corrected chi connectivity index (χ3v) is 6.32. The molecule has 1 atom stereocenters. The molecule has 3 aromatic rings. The summed E-state index contributed by atoms with van der Waals surface area (Å²) in [7, 11) is 1.63. The van der Waals surface area contributed by atoms with Crippen LogP contribution >= 0.6 is 11.3 Å². The van der Waals surface area contributed by atoms with Crippen molar-refractivity contribution in [3.63, 3.8) is 0 Å². The summed E-state index contributed by atoms with van der Waals surface area (Å²) in [6.07, 6.45) is 1.95. The summed E-state index contributed by atoms with van der Waals surface area (Å²) in [5, 5.41) is 0.647. The summed E-state index contributed by atoms with van der Waals surface area (Å²) in [6, 6.07) is 11.1. The van der Waals surface area contributed by atoms with Gasteiger partial charge in [-0.2, -0.15) is 0 Å². The standard InChI is InChI=1S/C22H22N2O5S/c1-26-15-5-7-20-17(12-15)23-22(30-20)24(13-16-3-2-8-27-16)21(25)14-4-6-18-19(11-14)29-10-9-28-18/h4-7,11-12,16H,2-3,8-10,13H2,1H3. The van der Waals surface area contributed by atoms with E-state index >= 15 is 0 Å². The van der Waals surface area contributed by atoms with E-state index in [-0.39, 0.29) is 12.0 Å². The van der Waals surface area contributed by atoms with Gasteiger partial charge in [0.15, 0.2) is 16.6 Å². The molecule has 1 amide bonds. The predicted octanol–water partition coefficient (Wildman–Crippen LogP) is 3.90. The molecular formula is C22H22N2O5S. The highest BCUT2D eigenvalue weighted by atomic mass is 32.1. The maximum Gasteiger partial charge on any atom is 0.260 e. The summed E-state index contributed by atoms with van der Waals surface area (Å²) in [5.74, 6) is 1.87. The number of benzene rings is 2. The van der Waals surface area contributed by atoms with Crippen LogP contribution in [0.1, 0.15) is 23.2 Å². The van der Waals surface area contributed by atoms with E-state index in [9.17, 15) is 4.79 Å². The Morgan fingerprint density at radius 2 is 2.03 bits per heavy atom. The Balaban J connectivity index is 1.50. The molecule has 7 nitrogen and oxygen atoms in total. The number of anilines is 1. The van der Waals surface area contributed by atoms with Crippen molar-refractivity contribution in [3.8, 4) is 17.2 Å². The van der Waals surface area contributed by atoms with Crippen LogP contribution in [0.25, 0.3) is 10.2 Å². The average Bonchev–Trinajstić information content (AvgIpc) is 3.45. The molecule has 1 fully saturated rings. The highest BCUT2D eigenvalue weighted by Crippen LogP contribution is 2.35. The quantitative estimate of drug-likeness (QED) is 0.616. The van der Waals surface area contributed by atoms with Gasteiger partial charge in [0, 0.05) is 18.2 Å². The monoisotopic (exact) mass is 426 g/mol. The predicted molar refractivity (Wildman–Crippen MR) is 114 cm³/mol. The van der Waals surface area contributed by atoms with E-state index in [1.54, 1.807) is 30.2 Å². The number of rotatable bonds is 5. The van der Waals surface area contributed by atoms with Gasteiger partial charge in [0.1, 0.15) is 19.0 Å². The molecule has 2 aromatic carbocycles. The van der Waals surface area contributed by atoms with Crippen LogP contribution in [-0.2, 0) is 4.74 Å². The number of nitrogens with zero attached hydrogens (tertiary/aromatic N) is 2. The molecule has 5 rings (SSSR count). The van der Waals surface area contributed by atoms with E-state index in [1.807, 2.05) is 18.2 Å². The molecule has 2 aliphatic rings. The minimum absolute atomic E-state index is 0.00714. The first-order chi connectivity index (χ1) is 14.7. The van der Waals surface area contributed by atoms with Crippen LogP contribution in [0.15, 0.2) is 36.4 Å². The third-order valence-electron chi connectivity index (χ3n) is 5.26. The van der Waals surface area contributed by atoms with Gasteiger partial charge < -0.3 is 18.9 Å². The van der Waals surface area contributed by atoms with Crippen molar-refractivity contribution in [2.24, 2.45) is 0 Å². The summed E-state index contributed by atoms with van der Waals surface area (Å²) in [4.78, 5) is 20.0. The van der Waals surface area contributed by atoms with Gasteiger partial charge in [0.05, 0.1) is 30.0 Å². The second kappa shape index (κ2) is 8.12. The molecular weight excluding hydrogens is 404 g/mol. The lowest BCUT2D eigenvalue weighted by molar-refractivity contribution is 0.0916. The smallest absolute Gasteiger partial charge is 0.260 e. The number of ether oxygens (including phenoxy) is 4. The summed E-state index contributed by atoms with van der Waals surface area (Å²) in [6.45, 7) is 2.18. The van der Waals surface area contributed by atoms with Crippen LogP contribution in [0.3, 0.4) is 0 Å². The molecule has 8 heteroatoms. The van der Waals surface area contributed by atoms with Gasteiger partial charge >= 0.3 is 0 Å². The maximum absolute atomic E-state index is 13.5.